The van der Waals surface area contributed by atoms with Crippen LogP contribution in [-0.2, 0) is 17.7 Å². The topological polar surface area (TPSA) is 101 Å². The number of pyridine rings is 1. The summed E-state index contributed by atoms with van der Waals surface area (Å²) in [5.74, 6) is 3.18. The van der Waals surface area contributed by atoms with Crippen LogP contribution in [-0.4, -0.2) is 50.3 Å². The summed E-state index contributed by atoms with van der Waals surface area (Å²) < 4.78 is 7.83. The van der Waals surface area contributed by atoms with Gasteiger partial charge in [0.1, 0.15) is 17.3 Å². The van der Waals surface area contributed by atoms with Crippen LogP contribution in [0.2, 0.25) is 0 Å². The van der Waals surface area contributed by atoms with Crippen molar-refractivity contribution in [1.29, 1.82) is 0 Å². The quantitative estimate of drug-likeness (QED) is 0.487. The number of nitrogens with one attached hydrogen (secondary N) is 2. The highest BCUT2D eigenvalue weighted by molar-refractivity contribution is 5.72. The summed E-state index contributed by atoms with van der Waals surface area (Å²) in [6.45, 7) is 5.22. The van der Waals surface area contributed by atoms with Gasteiger partial charge in [0.15, 0.2) is 11.6 Å². The van der Waals surface area contributed by atoms with Gasteiger partial charge in [-0.3, -0.25) is 4.79 Å². The van der Waals surface area contributed by atoms with Crippen molar-refractivity contribution in [2.24, 2.45) is 0 Å². The number of fused-ring (bicyclic) bond motifs is 3. The molecule has 0 radical (unpaired) electrons. The number of anilines is 3. The lowest BCUT2D eigenvalue weighted by Crippen LogP contribution is -2.45. The Bertz CT molecular complexity index is 1390. The molecule has 1 saturated heterocycles. The zero-order valence-electron chi connectivity index (χ0n) is 18.9. The van der Waals surface area contributed by atoms with Gasteiger partial charge in [0.2, 0.25) is 5.56 Å². The van der Waals surface area contributed by atoms with Crippen LogP contribution in [0.15, 0.2) is 59.7 Å². The summed E-state index contributed by atoms with van der Waals surface area (Å²) in [6, 6.07) is 13.2. The molecule has 0 aliphatic carbocycles. The number of nitrogens with zero attached hydrogens (tertiary/aromatic N) is 5. The normalized spacial score (nSPS) is 17.2. The molecular formula is C25H25N7O2. The predicted octanol–water partition coefficient (Wildman–Crippen LogP) is 3.22. The van der Waals surface area contributed by atoms with E-state index in [1.807, 2.05) is 42.7 Å². The third kappa shape index (κ3) is 3.73. The Balaban J connectivity index is 1.40. The third-order valence-electron chi connectivity index (χ3n) is 6.35. The molecule has 0 spiro atoms. The van der Waals surface area contributed by atoms with Crippen LogP contribution < -0.4 is 15.8 Å². The average Bonchev–Trinajstić information content (AvgIpc) is 3.34. The molecule has 1 atom stereocenters. The number of ether oxygens (including phenoxy) is 1. The minimum Gasteiger partial charge on any atom is -0.377 e. The van der Waals surface area contributed by atoms with Gasteiger partial charge >= 0.3 is 0 Å². The van der Waals surface area contributed by atoms with Gasteiger partial charge in [0, 0.05) is 48.4 Å². The minimum absolute atomic E-state index is 0.146. The maximum absolute atomic E-state index is 11.6. The van der Waals surface area contributed by atoms with Gasteiger partial charge in [-0.25, -0.2) is 15.0 Å². The largest absolute Gasteiger partial charge is 0.377 e. The predicted molar refractivity (Wildman–Crippen MR) is 130 cm³/mol. The highest BCUT2D eigenvalue weighted by atomic mass is 16.5. The van der Waals surface area contributed by atoms with Crippen molar-refractivity contribution in [2.75, 3.05) is 30.0 Å². The van der Waals surface area contributed by atoms with Crippen LogP contribution in [0.4, 0.5) is 17.3 Å². The van der Waals surface area contributed by atoms with E-state index >= 15 is 0 Å². The molecule has 9 nitrogen and oxygen atoms in total. The Morgan fingerprint density at radius 1 is 1.12 bits per heavy atom. The summed E-state index contributed by atoms with van der Waals surface area (Å²) in [5.41, 5.74) is 3.69. The number of benzene rings is 1. The zero-order chi connectivity index (χ0) is 23.1. The second kappa shape index (κ2) is 8.42. The van der Waals surface area contributed by atoms with Gasteiger partial charge in [0.05, 0.1) is 19.3 Å². The van der Waals surface area contributed by atoms with E-state index in [2.05, 4.69) is 31.7 Å². The number of imidazole rings is 1. The molecule has 172 valence electrons. The second-order valence-electron chi connectivity index (χ2n) is 8.64. The molecule has 2 N–H and O–H groups in total. The summed E-state index contributed by atoms with van der Waals surface area (Å²) in [7, 11) is 0. The van der Waals surface area contributed by atoms with E-state index in [-0.39, 0.29) is 11.6 Å². The smallest absolute Gasteiger partial charge is 0.249 e. The van der Waals surface area contributed by atoms with Gasteiger partial charge in [0.25, 0.3) is 0 Å². The molecular weight excluding hydrogens is 430 g/mol. The minimum atomic E-state index is -0.146. The van der Waals surface area contributed by atoms with Crippen LogP contribution in [0.25, 0.3) is 22.9 Å². The molecule has 2 aliphatic heterocycles. The van der Waals surface area contributed by atoms with Gasteiger partial charge in [-0.1, -0.05) is 6.07 Å². The lowest BCUT2D eigenvalue weighted by molar-refractivity contribution is 0.0984. The van der Waals surface area contributed by atoms with Crippen molar-refractivity contribution >= 4 is 17.3 Å². The van der Waals surface area contributed by atoms with Crippen LogP contribution in [0.1, 0.15) is 12.5 Å². The first-order chi connectivity index (χ1) is 16.7. The standard InChI is InChI=1S/C25H25N7O2/c1-16-15-34-14-13-32(16)24-19-9-11-31-12-10-26-25(31)22(19)29-23(30-24)17-5-7-18(8-6-17)27-20-3-2-4-21(33)28-20/h2-8,10,12,16H,9,11,13-15H2,1H3,(H2,27,28,33)/t16-/m0/s1. The van der Waals surface area contributed by atoms with E-state index in [4.69, 9.17) is 14.7 Å². The molecule has 9 heteroatoms. The summed E-state index contributed by atoms with van der Waals surface area (Å²) in [6.07, 6.45) is 4.71. The first kappa shape index (κ1) is 20.6. The SMILES string of the molecule is C[C@H]1COCCN1c1nc(-c2ccc(Nc3cccc(=O)[nH]3)cc2)nc2c1CCn1ccnc1-2. The number of hydrogen-bond donors (Lipinski definition) is 2. The van der Waals surface area contributed by atoms with E-state index in [9.17, 15) is 4.79 Å². The van der Waals surface area contributed by atoms with E-state index in [1.54, 1.807) is 6.07 Å². The Morgan fingerprint density at radius 2 is 2.00 bits per heavy atom. The third-order valence-corrected chi connectivity index (χ3v) is 6.35. The van der Waals surface area contributed by atoms with E-state index < -0.39 is 0 Å². The number of aryl methyl sites for hydroxylation is 1. The maximum atomic E-state index is 11.6. The number of rotatable bonds is 4. The highest BCUT2D eigenvalue weighted by Gasteiger charge is 2.29. The second-order valence-corrected chi connectivity index (χ2v) is 8.64. The van der Waals surface area contributed by atoms with Gasteiger partial charge in [-0.2, -0.15) is 0 Å². The Morgan fingerprint density at radius 3 is 2.82 bits per heavy atom. The number of hydrogen-bond acceptors (Lipinski definition) is 7. The van der Waals surface area contributed by atoms with Gasteiger partial charge in [-0.05, 0) is 43.7 Å². The lowest BCUT2D eigenvalue weighted by atomic mass is 10.0. The number of morpholine rings is 1. The Hall–Kier alpha value is -3.98. The molecule has 5 heterocycles. The monoisotopic (exact) mass is 455 g/mol. The Kier molecular flexibility index (Phi) is 5.10. The summed E-state index contributed by atoms with van der Waals surface area (Å²) >= 11 is 0. The molecule has 2 aliphatic rings. The molecule has 6 rings (SSSR count). The van der Waals surface area contributed by atoms with Crippen molar-refractivity contribution in [3.63, 3.8) is 0 Å². The number of aromatic nitrogens is 5. The highest BCUT2D eigenvalue weighted by Crippen LogP contribution is 2.36. The molecule has 34 heavy (non-hydrogen) atoms. The van der Waals surface area contributed by atoms with Crippen molar-refractivity contribution in [2.45, 2.75) is 25.9 Å². The van der Waals surface area contributed by atoms with Crippen LogP contribution in [0, 0.1) is 0 Å². The maximum Gasteiger partial charge on any atom is 0.249 e. The van der Waals surface area contributed by atoms with Crippen molar-refractivity contribution in [1.82, 2.24) is 24.5 Å². The Labute approximate surface area is 196 Å². The van der Waals surface area contributed by atoms with E-state index in [0.29, 0.717) is 24.9 Å². The van der Waals surface area contributed by atoms with Crippen molar-refractivity contribution in [3.8, 4) is 22.9 Å². The molecule has 3 aromatic heterocycles. The van der Waals surface area contributed by atoms with Gasteiger partial charge < -0.3 is 24.5 Å². The zero-order valence-corrected chi connectivity index (χ0v) is 18.9. The number of H-pyrrole nitrogens is 1. The van der Waals surface area contributed by atoms with Gasteiger partial charge in [-0.15, -0.1) is 0 Å². The summed E-state index contributed by atoms with van der Waals surface area (Å²) in [5, 5.41) is 3.22. The van der Waals surface area contributed by atoms with E-state index in [0.717, 1.165) is 53.7 Å². The van der Waals surface area contributed by atoms with Crippen molar-refractivity contribution < 1.29 is 4.74 Å². The number of aromatic amines is 1. The fourth-order valence-electron chi connectivity index (χ4n) is 4.61. The fourth-order valence-corrected chi connectivity index (χ4v) is 4.61. The molecule has 1 aromatic carbocycles. The van der Waals surface area contributed by atoms with E-state index in [1.165, 1.54) is 6.07 Å². The lowest BCUT2D eigenvalue weighted by Gasteiger charge is -2.36. The molecule has 0 bridgehead atoms. The molecule has 0 amide bonds. The van der Waals surface area contributed by atoms with Crippen LogP contribution in [0.5, 0.6) is 0 Å². The first-order valence-corrected chi connectivity index (χ1v) is 11.5. The molecule has 0 saturated carbocycles. The van der Waals surface area contributed by atoms with Crippen LogP contribution in [0.3, 0.4) is 0 Å². The summed E-state index contributed by atoms with van der Waals surface area (Å²) in [4.78, 5) is 31.3. The fraction of sp³-hybridized carbons (Fsp3) is 0.280. The average molecular weight is 456 g/mol. The van der Waals surface area contributed by atoms with Crippen LogP contribution >= 0.6 is 0 Å². The molecule has 4 aromatic rings. The molecule has 0 unspecified atom stereocenters. The van der Waals surface area contributed by atoms with Crippen molar-refractivity contribution in [3.05, 3.63) is 70.8 Å². The first-order valence-electron chi connectivity index (χ1n) is 11.5. The molecule has 1 fully saturated rings.